The fourth-order valence-corrected chi connectivity index (χ4v) is 1.30. The van der Waals surface area contributed by atoms with E-state index < -0.39 is 0 Å². The van der Waals surface area contributed by atoms with Crippen molar-refractivity contribution in [2.24, 2.45) is 0 Å². The molecule has 0 heterocycles. The van der Waals surface area contributed by atoms with E-state index in [0.29, 0.717) is 13.0 Å². The van der Waals surface area contributed by atoms with Crippen LogP contribution in [0.3, 0.4) is 0 Å². The third-order valence-electron chi connectivity index (χ3n) is 2.06. The molecular formula is C13H20N2O. The summed E-state index contributed by atoms with van der Waals surface area (Å²) in [5.41, 5.74) is 0.913. The first-order valence-electron chi connectivity index (χ1n) is 5.57. The molecular weight excluding hydrogens is 200 g/mol. The predicted octanol–water partition coefficient (Wildman–Crippen LogP) is 2.40. The maximum Gasteiger partial charge on any atom is 0.225 e. The molecule has 0 bridgehead atoms. The van der Waals surface area contributed by atoms with E-state index in [-0.39, 0.29) is 11.4 Å². The maximum atomic E-state index is 11.5. The Labute approximate surface area is 97.2 Å². The van der Waals surface area contributed by atoms with Crippen LogP contribution in [0.1, 0.15) is 27.2 Å². The number of hydrogen-bond donors (Lipinski definition) is 2. The topological polar surface area (TPSA) is 41.1 Å². The Balaban J connectivity index is 2.27. The van der Waals surface area contributed by atoms with E-state index in [1.54, 1.807) is 0 Å². The zero-order valence-corrected chi connectivity index (χ0v) is 10.2. The van der Waals surface area contributed by atoms with Gasteiger partial charge in [-0.25, -0.2) is 0 Å². The van der Waals surface area contributed by atoms with Gasteiger partial charge in [0.1, 0.15) is 0 Å². The molecule has 0 aliphatic heterocycles. The Morgan fingerprint density at radius 2 is 1.81 bits per heavy atom. The van der Waals surface area contributed by atoms with Crippen molar-refractivity contribution < 1.29 is 4.79 Å². The summed E-state index contributed by atoms with van der Waals surface area (Å²) in [5, 5.41) is 6.13. The van der Waals surface area contributed by atoms with Crippen LogP contribution in [-0.4, -0.2) is 18.0 Å². The third-order valence-corrected chi connectivity index (χ3v) is 2.06. The Hall–Kier alpha value is -1.35. The van der Waals surface area contributed by atoms with Gasteiger partial charge in [0.05, 0.1) is 0 Å². The highest BCUT2D eigenvalue weighted by atomic mass is 16.1. The van der Waals surface area contributed by atoms with Crippen molar-refractivity contribution in [2.45, 2.75) is 32.7 Å². The SMILES string of the molecule is CC(C)(C)NCCC(=O)Nc1ccccc1. The summed E-state index contributed by atoms with van der Waals surface area (Å²) in [7, 11) is 0. The first-order chi connectivity index (χ1) is 7.47. The summed E-state index contributed by atoms with van der Waals surface area (Å²) in [4.78, 5) is 11.5. The minimum Gasteiger partial charge on any atom is -0.326 e. The zero-order chi connectivity index (χ0) is 12.0. The van der Waals surface area contributed by atoms with Crippen LogP contribution in [0.4, 0.5) is 5.69 Å². The second-order valence-electron chi connectivity index (χ2n) is 4.84. The van der Waals surface area contributed by atoms with E-state index in [0.717, 1.165) is 5.69 Å². The molecule has 0 aliphatic carbocycles. The average molecular weight is 220 g/mol. The van der Waals surface area contributed by atoms with Gasteiger partial charge in [-0.15, -0.1) is 0 Å². The molecule has 1 amide bonds. The summed E-state index contributed by atoms with van der Waals surface area (Å²) in [6.07, 6.45) is 0.492. The van der Waals surface area contributed by atoms with E-state index in [9.17, 15) is 4.79 Å². The van der Waals surface area contributed by atoms with Gasteiger partial charge in [-0.05, 0) is 32.9 Å². The highest BCUT2D eigenvalue weighted by Gasteiger charge is 2.09. The number of para-hydroxylation sites is 1. The number of benzene rings is 1. The van der Waals surface area contributed by atoms with Gasteiger partial charge in [0.15, 0.2) is 0 Å². The number of carbonyl (C=O) groups is 1. The molecule has 3 heteroatoms. The summed E-state index contributed by atoms with van der Waals surface area (Å²) < 4.78 is 0. The Morgan fingerprint density at radius 1 is 1.19 bits per heavy atom. The van der Waals surface area contributed by atoms with Crippen molar-refractivity contribution in [2.75, 3.05) is 11.9 Å². The van der Waals surface area contributed by atoms with Gasteiger partial charge < -0.3 is 10.6 Å². The molecule has 2 N–H and O–H groups in total. The van der Waals surface area contributed by atoms with Crippen molar-refractivity contribution in [3.63, 3.8) is 0 Å². The molecule has 0 atom stereocenters. The summed E-state index contributed by atoms with van der Waals surface area (Å²) in [5.74, 6) is 0.0444. The fraction of sp³-hybridized carbons (Fsp3) is 0.462. The Kier molecular flexibility index (Phi) is 4.50. The highest BCUT2D eigenvalue weighted by molar-refractivity contribution is 5.90. The number of nitrogens with one attached hydrogen (secondary N) is 2. The zero-order valence-electron chi connectivity index (χ0n) is 10.2. The molecule has 0 aromatic heterocycles. The number of hydrogen-bond acceptors (Lipinski definition) is 2. The first-order valence-corrected chi connectivity index (χ1v) is 5.57. The Morgan fingerprint density at radius 3 is 2.38 bits per heavy atom. The minimum absolute atomic E-state index is 0.0444. The van der Waals surface area contributed by atoms with Gasteiger partial charge >= 0.3 is 0 Å². The van der Waals surface area contributed by atoms with Crippen molar-refractivity contribution >= 4 is 11.6 Å². The van der Waals surface area contributed by atoms with E-state index in [1.807, 2.05) is 30.3 Å². The molecule has 3 nitrogen and oxygen atoms in total. The van der Waals surface area contributed by atoms with Gasteiger partial charge in [-0.1, -0.05) is 18.2 Å². The van der Waals surface area contributed by atoms with Crippen LogP contribution in [0.5, 0.6) is 0 Å². The Bertz CT molecular complexity index is 328. The maximum absolute atomic E-state index is 11.5. The fourth-order valence-electron chi connectivity index (χ4n) is 1.30. The number of amides is 1. The van der Waals surface area contributed by atoms with Gasteiger partial charge in [0, 0.05) is 24.2 Å². The molecule has 0 spiro atoms. The highest BCUT2D eigenvalue weighted by Crippen LogP contribution is 2.05. The molecule has 0 saturated carbocycles. The number of anilines is 1. The average Bonchev–Trinajstić information content (AvgIpc) is 2.17. The van der Waals surface area contributed by atoms with Crippen LogP contribution in [0, 0.1) is 0 Å². The van der Waals surface area contributed by atoms with Crippen LogP contribution in [0.15, 0.2) is 30.3 Å². The third kappa shape index (κ3) is 5.51. The molecule has 0 unspecified atom stereocenters. The number of carbonyl (C=O) groups excluding carboxylic acids is 1. The van der Waals surface area contributed by atoms with Crippen molar-refractivity contribution in [3.05, 3.63) is 30.3 Å². The van der Waals surface area contributed by atoms with Crippen LogP contribution in [-0.2, 0) is 4.79 Å². The first kappa shape index (κ1) is 12.7. The van der Waals surface area contributed by atoms with E-state index >= 15 is 0 Å². The molecule has 1 rings (SSSR count). The van der Waals surface area contributed by atoms with Gasteiger partial charge in [0.25, 0.3) is 0 Å². The largest absolute Gasteiger partial charge is 0.326 e. The van der Waals surface area contributed by atoms with Crippen molar-refractivity contribution in [1.82, 2.24) is 5.32 Å². The van der Waals surface area contributed by atoms with Gasteiger partial charge in [-0.3, -0.25) is 4.79 Å². The molecule has 0 aliphatic rings. The quantitative estimate of drug-likeness (QED) is 0.818. The smallest absolute Gasteiger partial charge is 0.225 e. The summed E-state index contributed by atoms with van der Waals surface area (Å²) >= 11 is 0. The van der Waals surface area contributed by atoms with E-state index in [4.69, 9.17) is 0 Å². The normalized spacial score (nSPS) is 11.2. The molecule has 0 fully saturated rings. The molecule has 0 saturated heterocycles. The van der Waals surface area contributed by atoms with Crippen molar-refractivity contribution in [1.29, 1.82) is 0 Å². The lowest BCUT2D eigenvalue weighted by Crippen LogP contribution is -2.37. The van der Waals surface area contributed by atoms with E-state index in [2.05, 4.69) is 31.4 Å². The lowest BCUT2D eigenvalue weighted by Gasteiger charge is -2.20. The monoisotopic (exact) mass is 220 g/mol. The van der Waals surface area contributed by atoms with Crippen LogP contribution < -0.4 is 10.6 Å². The number of rotatable bonds is 4. The predicted molar refractivity (Wildman–Crippen MR) is 67.4 cm³/mol. The molecule has 88 valence electrons. The summed E-state index contributed by atoms with van der Waals surface area (Å²) in [6.45, 7) is 6.95. The lowest BCUT2D eigenvalue weighted by molar-refractivity contribution is -0.116. The lowest BCUT2D eigenvalue weighted by atomic mass is 10.1. The van der Waals surface area contributed by atoms with Gasteiger partial charge in [0.2, 0.25) is 5.91 Å². The van der Waals surface area contributed by atoms with Crippen LogP contribution in [0.2, 0.25) is 0 Å². The van der Waals surface area contributed by atoms with Crippen LogP contribution >= 0.6 is 0 Å². The molecule has 1 aromatic rings. The minimum atomic E-state index is 0.0444. The second-order valence-corrected chi connectivity index (χ2v) is 4.84. The second kappa shape index (κ2) is 5.66. The van der Waals surface area contributed by atoms with E-state index in [1.165, 1.54) is 0 Å². The summed E-state index contributed by atoms with van der Waals surface area (Å²) in [6, 6.07) is 9.51. The molecule has 0 radical (unpaired) electrons. The van der Waals surface area contributed by atoms with Gasteiger partial charge in [-0.2, -0.15) is 0 Å². The van der Waals surface area contributed by atoms with Crippen molar-refractivity contribution in [3.8, 4) is 0 Å². The molecule has 16 heavy (non-hydrogen) atoms. The van der Waals surface area contributed by atoms with Crippen LogP contribution in [0.25, 0.3) is 0 Å². The molecule has 1 aromatic carbocycles. The standard InChI is InChI=1S/C13H20N2O/c1-13(2,3)14-10-9-12(16)15-11-7-5-4-6-8-11/h4-8,14H,9-10H2,1-3H3,(H,15,16).